The number of guanidine groups is 1. The van der Waals surface area contributed by atoms with Crippen molar-refractivity contribution in [2.45, 2.75) is 51.0 Å². The monoisotopic (exact) mass is 372 g/mol. The average molecular weight is 373 g/mol. The van der Waals surface area contributed by atoms with Gasteiger partial charge in [0, 0.05) is 37.5 Å². The fourth-order valence-corrected chi connectivity index (χ4v) is 3.71. The summed E-state index contributed by atoms with van der Waals surface area (Å²) in [6, 6.07) is 8.65. The standard InChI is InChI=1S/C21H32N4O2/c1-4-19(26)25-13-10-17(14-25)24-20(22-5-2)23-15-21(11-12-21)16-6-8-18(27-3)9-7-16/h6-9,17H,4-5,10-15H2,1-3H3,(H2,22,23,24). The first-order valence-corrected chi connectivity index (χ1v) is 10.1. The number of carbonyl (C=O) groups excluding carboxylic acids is 1. The van der Waals surface area contributed by atoms with E-state index in [1.54, 1.807) is 7.11 Å². The summed E-state index contributed by atoms with van der Waals surface area (Å²) in [4.78, 5) is 18.7. The van der Waals surface area contributed by atoms with Gasteiger partial charge in [-0.05, 0) is 43.9 Å². The third-order valence-electron chi connectivity index (χ3n) is 5.62. The summed E-state index contributed by atoms with van der Waals surface area (Å²) in [5.41, 5.74) is 1.50. The molecular weight excluding hydrogens is 340 g/mol. The number of nitrogens with zero attached hydrogens (tertiary/aromatic N) is 2. The molecule has 1 atom stereocenters. The molecule has 0 radical (unpaired) electrons. The summed E-state index contributed by atoms with van der Waals surface area (Å²) >= 11 is 0. The fraction of sp³-hybridized carbons (Fsp3) is 0.619. The average Bonchev–Trinajstić information content (AvgIpc) is 3.36. The Bertz CT molecular complexity index is 667. The second kappa shape index (κ2) is 8.63. The number of carbonyl (C=O) groups is 1. The van der Waals surface area contributed by atoms with Crippen molar-refractivity contribution in [3.8, 4) is 5.75 Å². The third kappa shape index (κ3) is 4.73. The van der Waals surface area contributed by atoms with Crippen molar-refractivity contribution in [2.24, 2.45) is 4.99 Å². The lowest BCUT2D eigenvalue weighted by molar-refractivity contribution is -0.129. The minimum Gasteiger partial charge on any atom is -0.497 e. The molecule has 6 heteroatoms. The molecule has 1 amide bonds. The number of hydrogen-bond acceptors (Lipinski definition) is 3. The summed E-state index contributed by atoms with van der Waals surface area (Å²) in [5.74, 6) is 1.98. The van der Waals surface area contributed by atoms with E-state index in [0.717, 1.165) is 44.3 Å². The normalized spacial score (nSPS) is 21.1. The first-order chi connectivity index (χ1) is 13.1. The highest BCUT2D eigenvalue weighted by Gasteiger charge is 2.44. The first-order valence-electron chi connectivity index (χ1n) is 10.1. The second-order valence-corrected chi connectivity index (χ2v) is 7.53. The number of hydrogen-bond donors (Lipinski definition) is 2. The maximum Gasteiger partial charge on any atom is 0.222 e. The Morgan fingerprint density at radius 2 is 2.04 bits per heavy atom. The van der Waals surface area contributed by atoms with Gasteiger partial charge in [-0.25, -0.2) is 0 Å². The van der Waals surface area contributed by atoms with Crippen molar-refractivity contribution in [3.63, 3.8) is 0 Å². The van der Waals surface area contributed by atoms with Gasteiger partial charge in [-0.3, -0.25) is 9.79 Å². The van der Waals surface area contributed by atoms with Crippen molar-refractivity contribution in [3.05, 3.63) is 29.8 Å². The highest BCUT2D eigenvalue weighted by atomic mass is 16.5. The fourth-order valence-electron chi connectivity index (χ4n) is 3.71. The minimum atomic E-state index is 0.161. The van der Waals surface area contributed by atoms with Gasteiger partial charge in [0.1, 0.15) is 5.75 Å². The molecule has 1 saturated carbocycles. The molecule has 3 rings (SSSR count). The predicted molar refractivity (Wildman–Crippen MR) is 108 cm³/mol. The number of amides is 1. The van der Waals surface area contributed by atoms with Crippen LogP contribution < -0.4 is 15.4 Å². The minimum absolute atomic E-state index is 0.161. The first kappa shape index (κ1) is 19.5. The Morgan fingerprint density at radius 1 is 1.30 bits per heavy atom. The maximum absolute atomic E-state index is 11.9. The predicted octanol–water partition coefficient (Wildman–Crippen LogP) is 2.29. The van der Waals surface area contributed by atoms with Crippen LogP contribution in [0.5, 0.6) is 5.75 Å². The number of rotatable bonds is 7. The molecule has 148 valence electrons. The second-order valence-electron chi connectivity index (χ2n) is 7.53. The lowest BCUT2D eigenvalue weighted by Gasteiger charge is -2.20. The molecule has 27 heavy (non-hydrogen) atoms. The third-order valence-corrected chi connectivity index (χ3v) is 5.62. The van der Waals surface area contributed by atoms with E-state index in [1.807, 2.05) is 24.0 Å². The summed E-state index contributed by atoms with van der Waals surface area (Å²) in [6.45, 7) is 7.20. The molecule has 1 saturated heterocycles. The van der Waals surface area contributed by atoms with Gasteiger partial charge < -0.3 is 20.3 Å². The van der Waals surface area contributed by atoms with Crippen LogP contribution in [0.2, 0.25) is 0 Å². The molecule has 1 aliphatic heterocycles. The molecule has 1 aromatic rings. The molecule has 0 bridgehead atoms. The Kier molecular flexibility index (Phi) is 6.24. The van der Waals surface area contributed by atoms with E-state index >= 15 is 0 Å². The highest BCUT2D eigenvalue weighted by molar-refractivity contribution is 5.81. The quantitative estimate of drug-likeness (QED) is 0.569. The smallest absolute Gasteiger partial charge is 0.222 e. The van der Waals surface area contributed by atoms with Crippen LogP contribution in [0, 0.1) is 0 Å². The van der Waals surface area contributed by atoms with E-state index in [2.05, 4.69) is 29.7 Å². The summed E-state index contributed by atoms with van der Waals surface area (Å²) < 4.78 is 5.26. The molecule has 2 aliphatic rings. The van der Waals surface area contributed by atoms with Gasteiger partial charge in [0.25, 0.3) is 0 Å². The van der Waals surface area contributed by atoms with Gasteiger partial charge in [-0.2, -0.15) is 0 Å². The zero-order valence-corrected chi connectivity index (χ0v) is 16.8. The van der Waals surface area contributed by atoms with Crippen LogP contribution >= 0.6 is 0 Å². The van der Waals surface area contributed by atoms with Crippen molar-refractivity contribution in [1.29, 1.82) is 0 Å². The topological polar surface area (TPSA) is 66.0 Å². The van der Waals surface area contributed by atoms with Crippen molar-refractivity contribution >= 4 is 11.9 Å². The van der Waals surface area contributed by atoms with Gasteiger partial charge in [0.2, 0.25) is 5.91 Å². The van der Waals surface area contributed by atoms with Gasteiger partial charge in [0.15, 0.2) is 5.96 Å². The molecule has 2 fully saturated rings. The Hall–Kier alpha value is -2.24. The Labute approximate surface area is 162 Å². The Morgan fingerprint density at radius 3 is 2.63 bits per heavy atom. The molecule has 1 aromatic carbocycles. The highest BCUT2D eigenvalue weighted by Crippen LogP contribution is 2.48. The van der Waals surface area contributed by atoms with Crippen LogP contribution in [0.25, 0.3) is 0 Å². The van der Waals surface area contributed by atoms with Crippen molar-refractivity contribution in [1.82, 2.24) is 15.5 Å². The molecular formula is C21H32N4O2. The number of nitrogens with one attached hydrogen (secondary N) is 2. The van der Waals surface area contributed by atoms with E-state index in [4.69, 9.17) is 9.73 Å². The van der Waals surface area contributed by atoms with Crippen molar-refractivity contribution < 1.29 is 9.53 Å². The van der Waals surface area contributed by atoms with E-state index in [9.17, 15) is 4.79 Å². The molecule has 1 heterocycles. The Balaban J connectivity index is 1.61. The van der Waals surface area contributed by atoms with Gasteiger partial charge in [-0.1, -0.05) is 19.1 Å². The zero-order valence-electron chi connectivity index (χ0n) is 16.8. The van der Waals surface area contributed by atoms with E-state index in [-0.39, 0.29) is 17.4 Å². The number of ether oxygens (including phenoxy) is 1. The van der Waals surface area contributed by atoms with Crippen LogP contribution in [-0.4, -0.2) is 56.1 Å². The zero-order chi connectivity index (χ0) is 19.3. The molecule has 1 aliphatic carbocycles. The van der Waals surface area contributed by atoms with Crippen LogP contribution in [-0.2, 0) is 10.2 Å². The van der Waals surface area contributed by atoms with E-state index in [0.29, 0.717) is 6.42 Å². The van der Waals surface area contributed by atoms with Crippen LogP contribution in [0.1, 0.15) is 45.1 Å². The van der Waals surface area contributed by atoms with Gasteiger partial charge in [0.05, 0.1) is 13.7 Å². The van der Waals surface area contributed by atoms with Gasteiger partial charge >= 0.3 is 0 Å². The summed E-state index contributed by atoms with van der Waals surface area (Å²) in [6.07, 6.45) is 3.89. The van der Waals surface area contributed by atoms with Crippen LogP contribution in [0.15, 0.2) is 29.3 Å². The van der Waals surface area contributed by atoms with Crippen LogP contribution in [0.4, 0.5) is 0 Å². The van der Waals surface area contributed by atoms with E-state index < -0.39 is 0 Å². The number of benzene rings is 1. The lowest BCUT2D eigenvalue weighted by atomic mass is 9.96. The van der Waals surface area contributed by atoms with Crippen molar-refractivity contribution in [2.75, 3.05) is 33.3 Å². The number of methoxy groups -OCH3 is 1. The number of aliphatic imine (C=N–C) groups is 1. The number of likely N-dealkylation sites (tertiary alicyclic amines) is 1. The molecule has 0 aromatic heterocycles. The molecule has 2 N–H and O–H groups in total. The maximum atomic E-state index is 11.9. The van der Waals surface area contributed by atoms with Crippen LogP contribution in [0.3, 0.4) is 0 Å². The molecule has 6 nitrogen and oxygen atoms in total. The lowest BCUT2D eigenvalue weighted by Crippen LogP contribution is -2.45. The summed E-state index contributed by atoms with van der Waals surface area (Å²) in [7, 11) is 1.69. The molecule has 1 unspecified atom stereocenters. The summed E-state index contributed by atoms with van der Waals surface area (Å²) in [5, 5.41) is 6.87. The largest absolute Gasteiger partial charge is 0.497 e. The van der Waals surface area contributed by atoms with E-state index in [1.165, 1.54) is 18.4 Å². The van der Waals surface area contributed by atoms with Gasteiger partial charge in [-0.15, -0.1) is 0 Å². The SMILES string of the molecule is CCNC(=NCC1(c2ccc(OC)cc2)CC1)NC1CCN(C(=O)CC)C1. The molecule has 0 spiro atoms.